The Bertz CT molecular complexity index is 233. The highest BCUT2D eigenvalue weighted by atomic mass is 15.1. The number of unbranched alkanes of at least 4 members (excludes halogenated alkanes) is 1. The molecule has 0 aliphatic carbocycles. The molecule has 0 unspecified atom stereocenters. The molecule has 102 valence electrons. The maximum Gasteiger partial charge on any atom is 0.0219 e. The summed E-state index contributed by atoms with van der Waals surface area (Å²) in [5, 5.41) is 0. The van der Waals surface area contributed by atoms with E-state index in [0.29, 0.717) is 0 Å². The summed E-state index contributed by atoms with van der Waals surface area (Å²) in [5.41, 5.74) is 0. The van der Waals surface area contributed by atoms with Gasteiger partial charge in [-0.2, -0.15) is 0 Å². The molecule has 0 radical (unpaired) electrons. The van der Waals surface area contributed by atoms with Crippen LogP contribution in [0.4, 0.5) is 0 Å². The lowest BCUT2D eigenvalue weighted by molar-refractivity contribution is 0.430. The van der Waals surface area contributed by atoms with Gasteiger partial charge in [-0.15, -0.1) is 0 Å². The minimum Gasteiger partial charge on any atom is -0.355 e. The third-order valence-electron chi connectivity index (χ3n) is 2.44. The molecule has 2 heteroatoms. The molecule has 0 spiro atoms. The minimum absolute atomic E-state index is 1.08. The van der Waals surface area contributed by atoms with Crippen molar-refractivity contribution in [3.63, 3.8) is 0 Å². The van der Waals surface area contributed by atoms with Crippen LogP contribution in [0.1, 0.15) is 40.5 Å². The van der Waals surface area contributed by atoms with Crippen LogP contribution >= 0.6 is 0 Å². The van der Waals surface area contributed by atoms with Gasteiger partial charge in [0.05, 0.1) is 0 Å². The Kier molecular flexibility index (Phi) is 11.1. The molecular weight excluding hydrogens is 220 g/mol. The van der Waals surface area contributed by atoms with Crippen molar-refractivity contribution in [2.45, 2.75) is 40.5 Å². The lowest BCUT2D eigenvalue weighted by atomic mass is 10.3. The van der Waals surface area contributed by atoms with Gasteiger partial charge in [0.1, 0.15) is 0 Å². The monoisotopic (exact) mass is 248 g/mol. The fourth-order valence-corrected chi connectivity index (χ4v) is 1.75. The van der Waals surface area contributed by atoms with E-state index in [1.807, 2.05) is 0 Å². The highest BCUT2D eigenvalue weighted by Gasteiger charge is 1.97. The van der Waals surface area contributed by atoms with E-state index >= 15 is 0 Å². The van der Waals surface area contributed by atoms with Gasteiger partial charge >= 0.3 is 0 Å². The average molecular weight is 248 g/mol. The SMILES string of the molecule is CC=CN(C=CC)CCCCN(C=CC)C=CC. The Hall–Kier alpha value is -1.44. The largest absolute Gasteiger partial charge is 0.355 e. The molecule has 0 saturated heterocycles. The molecule has 0 aliphatic heterocycles. The summed E-state index contributed by atoms with van der Waals surface area (Å²) < 4.78 is 0. The van der Waals surface area contributed by atoms with Crippen LogP contribution < -0.4 is 0 Å². The summed E-state index contributed by atoms with van der Waals surface area (Å²) in [6, 6.07) is 0. The third kappa shape index (κ3) is 8.68. The molecule has 0 atom stereocenters. The standard InChI is InChI=1S/C16H28N2/c1-5-11-17(12-6-2)15-9-10-16-18(13-7-3)14-8-4/h5-8,11-14H,9-10,15-16H2,1-4H3. The van der Waals surface area contributed by atoms with E-state index in [0.717, 1.165) is 13.1 Å². The Balaban J connectivity index is 3.94. The van der Waals surface area contributed by atoms with E-state index < -0.39 is 0 Å². The van der Waals surface area contributed by atoms with Crippen molar-refractivity contribution in [3.05, 3.63) is 49.1 Å². The number of rotatable bonds is 9. The summed E-state index contributed by atoms with van der Waals surface area (Å²) in [4.78, 5) is 4.46. The van der Waals surface area contributed by atoms with Gasteiger partial charge in [-0.3, -0.25) is 0 Å². The second-order valence-electron chi connectivity index (χ2n) is 4.11. The molecule has 2 nitrogen and oxygen atoms in total. The summed E-state index contributed by atoms with van der Waals surface area (Å²) in [7, 11) is 0. The molecule has 0 aromatic heterocycles. The Morgan fingerprint density at radius 3 is 1.06 bits per heavy atom. The van der Waals surface area contributed by atoms with Gasteiger partial charge in [-0.1, -0.05) is 24.3 Å². The fraction of sp³-hybridized carbons (Fsp3) is 0.500. The molecule has 0 aromatic rings. The second kappa shape index (κ2) is 12.0. The predicted octanol–water partition coefficient (Wildman–Crippen LogP) is 4.51. The molecule has 0 rings (SSSR count). The van der Waals surface area contributed by atoms with E-state index in [1.54, 1.807) is 0 Å². The normalized spacial score (nSPS) is 12.4. The number of allylic oxidation sites excluding steroid dienone is 4. The molecule has 0 aromatic carbocycles. The topological polar surface area (TPSA) is 6.48 Å². The molecular formula is C16H28N2. The van der Waals surface area contributed by atoms with E-state index in [1.165, 1.54) is 12.8 Å². The van der Waals surface area contributed by atoms with Gasteiger partial charge in [-0.25, -0.2) is 0 Å². The summed E-state index contributed by atoms with van der Waals surface area (Å²) >= 11 is 0. The van der Waals surface area contributed by atoms with Crippen LogP contribution in [-0.2, 0) is 0 Å². The van der Waals surface area contributed by atoms with Crippen molar-refractivity contribution in [2.75, 3.05) is 13.1 Å². The first-order valence-corrected chi connectivity index (χ1v) is 6.81. The quantitative estimate of drug-likeness (QED) is 0.554. The van der Waals surface area contributed by atoms with E-state index in [2.05, 4.69) is 86.6 Å². The molecule has 0 N–H and O–H groups in total. The molecule has 0 heterocycles. The first kappa shape index (κ1) is 16.6. The lowest BCUT2D eigenvalue weighted by Crippen LogP contribution is -2.15. The number of hydrogen-bond acceptors (Lipinski definition) is 2. The van der Waals surface area contributed by atoms with E-state index in [-0.39, 0.29) is 0 Å². The van der Waals surface area contributed by atoms with Gasteiger partial charge in [0.25, 0.3) is 0 Å². The average Bonchev–Trinajstić information content (AvgIpc) is 2.35. The Labute approximate surface area is 113 Å². The van der Waals surface area contributed by atoms with Crippen molar-refractivity contribution in [2.24, 2.45) is 0 Å². The second-order valence-corrected chi connectivity index (χ2v) is 4.11. The van der Waals surface area contributed by atoms with Crippen LogP contribution in [0.25, 0.3) is 0 Å². The third-order valence-corrected chi connectivity index (χ3v) is 2.44. The van der Waals surface area contributed by atoms with Crippen LogP contribution in [0, 0.1) is 0 Å². The number of hydrogen-bond donors (Lipinski definition) is 0. The highest BCUT2D eigenvalue weighted by Crippen LogP contribution is 2.01. The van der Waals surface area contributed by atoms with Crippen LogP contribution in [0.5, 0.6) is 0 Å². The van der Waals surface area contributed by atoms with Crippen LogP contribution in [-0.4, -0.2) is 22.9 Å². The molecule has 0 saturated carbocycles. The van der Waals surface area contributed by atoms with Crippen molar-refractivity contribution in [3.8, 4) is 0 Å². The molecule has 0 bridgehead atoms. The lowest BCUT2D eigenvalue weighted by Gasteiger charge is -2.18. The van der Waals surface area contributed by atoms with E-state index in [9.17, 15) is 0 Å². The highest BCUT2D eigenvalue weighted by molar-refractivity contribution is 4.90. The van der Waals surface area contributed by atoms with Gasteiger partial charge in [0.15, 0.2) is 0 Å². The van der Waals surface area contributed by atoms with Crippen molar-refractivity contribution < 1.29 is 0 Å². The fourth-order valence-electron chi connectivity index (χ4n) is 1.75. The van der Waals surface area contributed by atoms with Gasteiger partial charge in [-0.05, 0) is 65.3 Å². The zero-order chi connectivity index (χ0) is 13.6. The maximum absolute atomic E-state index is 2.23. The zero-order valence-corrected chi connectivity index (χ0v) is 12.3. The first-order valence-electron chi connectivity index (χ1n) is 6.81. The van der Waals surface area contributed by atoms with Crippen LogP contribution in [0.15, 0.2) is 49.1 Å². The summed E-state index contributed by atoms with van der Waals surface area (Å²) in [6.45, 7) is 10.4. The number of nitrogens with zero attached hydrogens (tertiary/aromatic N) is 2. The van der Waals surface area contributed by atoms with Crippen molar-refractivity contribution >= 4 is 0 Å². The maximum atomic E-state index is 2.23. The molecule has 0 aliphatic rings. The Morgan fingerprint density at radius 1 is 0.556 bits per heavy atom. The van der Waals surface area contributed by atoms with Crippen LogP contribution in [0.2, 0.25) is 0 Å². The van der Waals surface area contributed by atoms with Gasteiger partial charge in [0, 0.05) is 13.1 Å². The van der Waals surface area contributed by atoms with Gasteiger partial charge in [0.2, 0.25) is 0 Å². The first-order chi connectivity index (χ1) is 8.78. The van der Waals surface area contributed by atoms with Gasteiger partial charge < -0.3 is 9.80 Å². The molecule has 18 heavy (non-hydrogen) atoms. The summed E-state index contributed by atoms with van der Waals surface area (Å²) in [6.07, 6.45) is 19.2. The van der Waals surface area contributed by atoms with Crippen molar-refractivity contribution in [1.82, 2.24) is 9.80 Å². The molecule has 0 amide bonds. The minimum atomic E-state index is 1.08. The van der Waals surface area contributed by atoms with E-state index in [4.69, 9.17) is 0 Å². The smallest absolute Gasteiger partial charge is 0.0219 e. The zero-order valence-electron chi connectivity index (χ0n) is 12.3. The Morgan fingerprint density at radius 2 is 0.833 bits per heavy atom. The predicted molar refractivity (Wildman–Crippen MR) is 81.9 cm³/mol. The summed E-state index contributed by atoms with van der Waals surface area (Å²) in [5.74, 6) is 0. The molecule has 0 fully saturated rings. The van der Waals surface area contributed by atoms with Crippen molar-refractivity contribution in [1.29, 1.82) is 0 Å². The van der Waals surface area contributed by atoms with Crippen LogP contribution in [0.3, 0.4) is 0 Å².